The average Bonchev–Trinajstić information content (AvgIpc) is 2.25. The molecule has 0 aliphatic heterocycles. The number of benzene rings is 1. The number of aliphatic hydroxyl groups is 1. The minimum Gasteiger partial charge on any atom is -0.444 e. The van der Waals surface area contributed by atoms with Gasteiger partial charge in [0, 0.05) is 5.69 Å². The minimum atomic E-state index is -0.499. The Hall–Kier alpha value is -1.55. The second-order valence-corrected chi connectivity index (χ2v) is 5.71. The summed E-state index contributed by atoms with van der Waals surface area (Å²) in [4.78, 5) is 11.6. The zero-order chi connectivity index (χ0) is 14.5. The van der Waals surface area contributed by atoms with E-state index in [0.717, 1.165) is 18.4 Å². The summed E-state index contributed by atoms with van der Waals surface area (Å²) in [7, 11) is 0. The van der Waals surface area contributed by atoms with E-state index in [0.29, 0.717) is 5.69 Å². The molecule has 0 radical (unpaired) electrons. The number of amides is 1. The topological polar surface area (TPSA) is 58.6 Å². The summed E-state index contributed by atoms with van der Waals surface area (Å²) in [6.07, 6.45) is 0.812. The van der Waals surface area contributed by atoms with E-state index in [1.165, 1.54) is 0 Å². The minimum absolute atomic E-state index is 0.292. The third kappa shape index (κ3) is 6.82. The molecule has 106 valence electrons. The summed E-state index contributed by atoms with van der Waals surface area (Å²) in [5, 5.41) is 11.9. The fraction of sp³-hybridized carbons (Fsp3) is 0.533. The van der Waals surface area contributed by atoms with E-state index in [1.807, 2.05) is 45.0 Å². The third-order valence-corrected chi connectivity index (χ3v) is 2.45. The normalized spacial score (nSPS) is 12.9. The van der Waals surface area contributed by atoms with Crippen molar-refractivity contribution in [2.75, 3.05) is 5.32 Å². The first-order chi connectivity index (χ1) is 8.76. The van der Waals surface area contributed by atoms with Crippen molar-refractivity contribution in [2.24, 2.45) is 0 Å². The van der Waals surface area contributed by atoms with Gasteiger partial charge in [-0.05, 0) is 58.2 Å². The average molecular weight is 265 g/mol. The van der Waals surface area contributed by atoms with Crippen LogP contribution in [-0.4, -0.2) is 22.9 Å². The molecule has 0 bridgehead atoms. The first-order valence-corrected chi connectivity index (χ1v) is 6.53. The molecule has 4 heteroatoms. The molecule has 1 rings (SSSR count). The number of aryl methyl sites for hydroxylation is 1. The van der Waals surface area contributed by atoms with Crippen LogP contribution in [0.3, 0.4) is 0 Å². The fourth-order valence-electron chi connectivity index (χ4n) is 1.55. The summed E-state index contributed by atoms with van der Waals surface area (Å²) < 4.78 is 5.17. The SMILES string of the molecule is C[C@@H](O)CCc1ccc(NC(=O)OC(C)(C)C)cc1. The van der Waals surface area contributed by atoms with E-state index in [-0.39, 0.29) is 6.10 Å². The molecular weight excluding hydrogens is 242 g/mol. The van der Waals surface area contributed by atoms with Crippen LogP contribution >= 0.6 is 0 Å². The molecule has 4 nitrogen and oxygen atoms in total. The van der Waals surface area contributed by atoms with Crippen molar-refractivity contribution in [2.45, 2.75) is 52.2 Å². The molecule has 0 spiro atoms. The van der Waals surface area contributed by atoms with Gasteiger partial charge in [0.25, 0.3) is 0 Å². The fourth-order valence-corrected chi connectivity index (χ4v) is 1.55. The molecule has 0 aromatic heterocycles. The second kappa shape index (κ2) is 6.57. The van der Waals surface area contributed by atoms with Crippen LogP contribution < -0.4 is 5.32 Å². The Morgan fingerprint density at radius 1 is 1.32 bits per heavy atom. The molecule has 19 heavy (non-hydrogen) atoms. The van der Waals surface area contributed by atoms with Crippen LogP contribution in [0.25, 0.3) is 0 Å². The molecule has 0 unspecified atom stereocenters. The van der Waals surface area contributed by atoms with Gasteiger partial charge in [0.1, 0.15) is 5.60 Å². The van der Waals surface area contributed by atoms with E-state index < -0.39 is 11.7 Å². The number of nitrogens with one attached hydrogen (secondary N) is 1. The maximum absolute atomic E-state index is 11.6. The van der Waals surface area contributed by atoms with Gasteiger partial charge < -0.3 is 9.84 Å². The van der Waals surface area contributed by atoms with Gasteiger partial charge in [0.2, 0.25) is 0 Å². The number of carbonyl (C=O) groups is 1. The highest BCUT2D eigenvalue weighted by atomic mass is 16.6. The highest BCUT2D eigenvalue weighted by molar-refractivity contribution is 5.84. The molecule has 0 saturated carbocycles. The molecule has 0 aliphatic carbocycles. The summed E-state index contributed by atoms with van der Waals surface area (Å²) in [6.45, 7) is 7.25. The van der Waals surface area contributed by atoms with Crippen LogP contribution in [0.1, 0.15) is 39.7 Å². The zero-order valence-electron chi connectivity index (χ0n) is 12.1. The van der Waals surface area contributed by atoms with E-state index in [4.69, 9.17) is 4.74 Å². The molecule has 1 atom stereocenters. The lowest BCUT2D eigenvalue weighted by Crippen LogP contribution is -2.27. The predicted molar refractivity (Wildman–Crippen MR) is 76.3 cm³/mol. The Balaban J connectivity index is 2.50. The summed E-state index contributed by atoms with van der Waals surface area (Å²) in [5.41, 5.74) is 1.34. The van der Waals surface area contributed by atoms with Crippen LogP contribution in [0.15, 0.2) is 24.3 Å². The lowest BCUT2D eigenvalue weighted by atomic mass is 10.1. The van der Waals surface area contributed by atoms with Crippen molar-refractivity contribution < 1.29 is 14.6 Å². The highest BCUT2D eigenvalue weighted by Crippen LogP contribution is 2.14. The molecule has 0 fully saturated rings. The van der Waals surface area contributed by atoms with Crippen LogP contribution in [0.2, 0.25) is 0 Å². The van der Waals surface area contributed by atoms with Crippen molar-refractivity contribution in [1.82, 2.24) is 0 Å². The smallest absolute Gasteiger partial charge is 0.412 e. The molecular formula is C15H23NO3. The number of aliphatic hydroxyl groups excluding tert-OH is 1. The van der Waals surface area contributed by atoms with Gasteiger partial charge in [-0.2, -0.15) is 0 Å². The van der Waals surface area contributed by atoms with Gasteiger partial charge in [0.05, 0.1) is 6.10 Å². The van der Waals surface area contributed by atoms with Crippen LogP contribution in [0.4, 0.5) is 10.5 Å². The lowest BCUT2D eigenvalue weighted by molar-refractivity contribution is 0.0636. The second-order valence-electron chi connectivity index (χ2n) is 5.71. The standard InChI is InChI=1S/C15H23NO3/c1-11(17)5-6-12-7-9-13(10-8-12)16-14(18)19-15(2,3)4/h7-11,17H,5-6H2,1-4H3,(H,16,18)/t11-/m1/s1. The van der Waals surface area contributed by atoms with Crippen LogP contribution in [0.5, 0.6) is 0 Å². The Morgan fingerprint density at radius 2 is 1.89 bits per heavy atom. The van der Waals surface area contributed by atoms with E-state index in [2.05, 4.69) is 5.32 Å². The summed E-state index contributed by atoms with van der Waals surface area (Å²) in [5.74, 6) is 0. The van der Waals surface area contributed by atoms with Crippen molar-refractivity contribution >= 4 is 11.8 Å². The Bertz CT molecular complexity index is 404. The molecule has 1 amide bonds. The Labute approximate surface area is 114 Å². The van der Waals surface area contributed by atoms with Gasteiger partial charge in [-0.3, -0.25) is 5.32 Å². The monoisotopic (exact) mass is 265 g/mol. The van der Waals surface area contributed by atoms with Crippen molar-refractivity contribution in [3.63, 3.8) is 0 Å². The number of ether oxygens (including phenoxy) is 1. The quantitative estimate of drug-likeness (QED) is 0.877. The summed E-state index contributed by atoms with van der Waals surface area (Å²) >= 11 is 0. The first-order valence-electron chi connectivity index (χ1n) is 6.53. The number of carbonyl (C=O) groups excluding carboxylic acids is 1. The largest absolute Gasteiger partial charge is 0.444 e. The van der Waals surface area contributed by atoms with Crippen LogP contribution in [-0.2, 0) is 11.2 Å². The molecule has 2 N–H and O–H groups in total. The number of hydrogen-bond acceptors (Lipinski definition) is 3. The van der Waals surface area contributed by atoms with Gasteiger partial charge >= 0.3 is 6.09 Å². The highest BCUT2D eigenvalue weighted by Gasteiger charge is 2.15. The molecule has 1 aromatic rings. The van der Waals surface area contributed by atoms with Gasteiger partial charge in [-0.15, -0.1) is 0 Å². The Morgan fingerprint density at radius 3 is 2.37 bits per heavy atom. The zero-order valence-corrected chi connectivity index (χ0v) is 12.1. The van der Waals surface area contributed by atoms with E-state index in [1.54, 1.807) is 6.92 Å². The molecule has 0 aliphatic rings. The Kier molecular flexibility index (Phi) is 5.36. The third-order valence-electron chi connectivity index (χ3n) is 2.45. The lowest BCUT2D eigenvalue weighted by Gasteiger charge is -2.19. The predicted octanol–water partition coefficient (Wildman–Crippen LogP) is 3.35. The van der Waals surface area contributed by atoms with Gasteiger partial charge in [-0.1, -0.05) is 12.1 Å². The summed E-state index contributed by atoms with van der Waals surface area (Å²) in [6, 6.07) is 7.55. The molecule has 0 saturated heterocycles. The van der Waals surface area contributed by atoms with Gasteiger partial charge in [0.15, 0.2) is 0 Å². The molecule has 1 aromatic carbocycles. The maximum Gasteiger partial charge on any atom is 0.412 e. The first kappa shape index (κ1) is 15.5. The van der Waals surface area contributed by atoms with Gasteiger partial charge in [-0.25, -0.2) is 4.79 Å². The van der Waals surface area contributed by atoms with Crippen LogP contribution in [0, 0.1) is 0 Å². The van der Waals surface area contributed by atoms with Crippen molar-refractivity contribution in [3.8, 4) is 0 Å². The number of hydrogen-bond donors (Lipinski definition) is 2. The van der Waals surface area contributed by atoms with Crippen molar-refractivity contribution in [1.29, 1.82) is 0 Å². The molecule has 0 heterocycles. The van der Waals surface area contributed by atoms with E-state index in [9.17, 15) is 9.90 Å². The number of rotatable bonds is 4. The maximum atomic E-state index is 11.6. The van der Waals surface area contributed by atoms with E-state index >= 15 is 0 Å². The number of anilines is 1. The van der Waals surface area contributed by atoms with Crippen molar-refractivity contribution in [3.05, 3.63) is 29.8 Å².